The standard InChI is InChI=1S/C44H40N2O/c1-43(2,3)34-24-22-30(23-25-34)29-18-20-32(21-19-29)38-26-35(44(4,5)6)27-40-41(38)46-42(47-40)37-16-9-10-17-39(37)45-28-33-14-11-13-31-12-7-8-15-36(31)33/h7-28H,1-6H3. The Kier molecular flexibility index (Phi) is 7.64. The van der Waals surface area contributed by atoms with Crippen LogP contribution in [0.5, 0.6) is 0 Å². The first kappa shape index (κ1) is 30.4. The summed E-state index contributed by atoms with van der Waals surface area (Å²) in [4.78, 5) is 10.1. The van der Waals surface area contributed by atoms with Gasteiger partial charge in [-0.2, -0.15) is 0 Å². The lowest BCUT2D eigenvalue weighted by Gasteiger charge is -2.20. The number of aliphatic imine (C=N–C) groups is 1. The van der Waals surface area contributed by atoms with Crippen molar-refractivity contribution in [3.05, 3.63) is 144 Å². The monoisotopic (exact) mass is 612 g/mol. The van der Waals surface area contributed by atoms with Crippen molar-refractivity contribution in [3.63, 3.8) is 0 Å². The summed E-state index contributed by atoms with van der Waals surface area (Å²) in [7, 11) is 0. The SMILES string of the molecule is CC(C)(C)c1ccc(-c2ccc(-c3cc(C(C)(C)C)cc4oc(-c5ccccc5N=Cc5cccc6ccccc56)nc34)cc2)cc1. The first-order chi connectivity index (χ1) is 22.5. The zero-order chi connectivity index (χ0) is 32.8. The molecule has 3 heteroatoms. The number of nitrogens with zero attached hydrogens (tertiary/aromatic N) is 2. The summed E-state index contributed by atoms with van der Waals surface area (Å²) in [6.07, 6.45) is 1.94. The maximum absolute atomic E-state index is 6.56. The smallest absolute Gasteiger partial charge is 0.229 e. The minimum atomic E-state index is -0.0642. The maximum Gasteiger partial charge on any atom is 0.229 e. The third-order valence-electron chi connectivity index (χ3n) is 8.94. The second-order valence-electron chi connectivity index (χ2n) is 14.4. The largest absolute Gasteiger partial charge is 0.436 e. The first-order valence-corrected chi connectivity index (χ1v) is 16.3. The Morgan fingerprint density at radius 2 is 1.19 bits per heavy atom. The molecule has 0 radical (unpaired) electrons. The first-order valence-electron chi connectivity index (χ1n) is 16.3. The predicted molar refractivity (Wildman–Crippen MR) is 199 cm³/mol. The predicted octanol–water partition coefficient (Wildman–Crippen LogP) is 12.3. The fourth-order valence-corrected chi connectivity index (χ4v) is 6.07. The molecule has 0 bridgehead atoms. The quantitative estimate of drug-likeness (QED) is 0.181. The highest BCUT2D eigenvalue weighted by Gasteiger charge is 2.21. The van der Waals surface area contributed by atoms with Crippen molar-refractivity contribution < 1.29 is 4.42 Å². The van der Waals surface area contributed by atoms with Crippen LogP contribution in [0.15, 0.2) is 137 Å². The normalized spacial score (nSPS) is 12.4. The molecule has 0 fully saturated rings. The number of rotatable bonds is 5. The number of fused-ring (bicyclic) bond motifs is 2. The van der Waals surface area contributed by atoms with Gasteiger partial charge in [0.15, 0.2) is 5.58 Å². The van der Waals surface area contributed by atoms with E-state index in [1.54, 1.807) is 0 Å². The van der Waals surface area contributed by atoms with E-state index in [0.717, 1.165) is 39.0 Å². The van der Waals surface area contributed by atoms with E-state index in [2.05, 4.69) is 145 Å². The summed E-state index contributed by atoms with van der Waals surface area (Å²) in [5, 5.41) is 2.36. The minimum absolute atomic E-state index is 0.0642. The molecule has 0 amide bonds. The Morgan fingerprint density at radius 3 is 1.91 bits per heavy atom. The summed E-state index contributed by atoms with van der Waals surface area (Å²) in [6.45, 7) is 13.4. The number of hydrogen-bond acceptors (Lipinski definition) is 3. The average Bonchev–Trinajstić information content (AvgIpc) is 3.51. The Morgan fingerprint density at radius 1 is 0.574 bits per heavy atom. The van der Waals surface area contributed by atoms with Gasteiger partial charge in [-0.1, -0.05) is 145 Å². The van der Waals surface area contributed by atoms with E-state index in [9.17, 15) is 0 Å². The van der Waals surface area contributed by atoms with Gasteiger partial charge >= 0.3 is 0 Å². The number of aromatic nitrogens is 1. The summed E-state index contributed by atoms with van der Waals surface area (Å²) < 4.78 is 6.56. The van der Waals surface area contributed by atoms with Gasteiger partial charge in [-0.15, -0.1) is 0 Å². The highest BCUT2D eigenvalue weighted by molar-refractivity contribution is 6.01. The van der Waals surface area contributed by atoms with Crippen LogP contribution in [0.1, 0.15) is 58.2 Å². The molecule has 47 heavy (non-hydrogen) atoms. The molecule has 0 saturated carbocycles. The molecule has 0 unspecified atom stereocenters. The van der Waals surface area contributed by atoms with Crippen molar-refractivity contribution in [2.24, 2.45) is 4.99 Å². The molecular weight excluding hydrogens is 572 g/mol. The Labute approximate surface area is 277 Å². The van der Waals surface area contributed by atoms with Gasteiger partial charge < -0.3 is 4.42 Å². The zero-order valence-electron chi connectivity index (χ0n) is 28.0. The second kappa shape index (κ2) is 11.8. The van der Waals surface area contributed by atoms with E-state index < -0.39 is 0 Å². The van der Waals surface area contributed by atoms with E-state index >= 15 is 0 Å². The van der Waals surface area contributed by atoms with Crippen LogP contribution >= 0.6 is 0 Å². The molecule has 0 aliphatic rings. The van der Waals surface area contributed by atoms with Crippen LogP contribution in [0.25, 0.3) is 55.6 Å². The van der Waals surface area contributed by atoms with Crippen molar-refractivity contribution >= 4 is 33.8 Å². The lowest BCUT2D eigenvalue weighted by Crippen LogP contribution is -2.11. The van der Waals surface area contributed by atoms with Crippen LogP contribution in [-0.4, -0.2) is 11.2 Å². The van der Waals surface area contributed by atoms with Gasteiger partial charge in [0.2, 0.25) is 5.89 Å². The topological polar surface area (TPSA) is 38.4 Å². The third-order valence-corrected chi connectivity index (χ3v) is 8.94. The van der Waals surface area contributed by atoms with Gasteiger partial charge in [0.05, 0.1) is 11.3 Å². The lowest BCUT2D eigenvalue weighted by molar-refractivity contribution is 0.584. The molecule has 6 aromatic carbocycles. The molecular formula is C44H40N2O. The van der Waals surface area contributed by atoms with E-state index in [-0.39, 0.29) is 10.8 Å². The molecule has 0 aliphatic carbocycles. The summed E-state index contributed by atoms with van der Waals surface area (Å²) in [5.74, 6) is 0.563. The average molecular weight is 613 g/mol. The molecule has 1 heterocycles. The van der Waals surface area contributed by atoms with Crippen LogP contribution in [0.2, 0.25) is 0 Å². The molecule has 0 saturated heterocycles. The van der Waals surface area contributed by atoms with Gasteiger partial charge in [0, 0.05) is 17.3 Å². The molecule has 3 nitrogen and oxygen atoms in total. The molecule has 0 atom stereocenters. The molecule has 1 aromatic heterocycles. The summed E-state index contributed by atoms with van der Waals surface area (Å²) in [5.41, 5.74) is 11.5. The van der Waals surface area contributed by atoms with E-state index in [1.165, 1.54) is 33.0 Å². The molecule has 0 N–H and O–H groups in total. The Hall–Kier alpha value is -5.28. The van der Waals surface area contributed by atoms with Crippen LogP contribution in [0.3, 0.4) is 0 Å². The van der Waals surface area contributed by atoms with Gasteiger partial charge in [0.25, 0.3) is 0 Å². The Bertz CT molecular complexity index is 2230. The maximum atomic E-state index is 6.56. The highest BCUT2D eigenvalue weighted by Crippen LogP contribution is 2.39. The van der Waals surface area contributed by atoms with E-state index in [0.29, 0.717) is 5.89 Å². The van der Waals surface area contributed by atoms with Crippen molar-refractivity contribution in [1.29, 1.82) is 0 Å². The lowest BCUT2D eigenvalue weighted by atomic mass is 9.84. The van der Waals surface area contributed by atoms with Crippen molar-refractivity contribution in [3.8, 4) is 33.7 Å². The number of oxazole rings is 1. The molecule has 232 valence electrons. The van der Waals surface area contributed by atoms with Crippen LogP contribution < -0.4 is 0 Å². The van der Waals surface area contributed by atoms with Crippen LogP contribution in [0.4, 0.5) is 5.69 Å². The van der Waals surface area contributed by atoms with Crippen molar-refractivity contribution in [2.45, 2.75) is 52.4 Å². The van der Waals surface area contributed by atoms with Gasteiger partial charge in [0.1, 0.15) is 5.52 Å². The second-order valence-corrected chi connectivity index (χ2v) is 14.4. The third kappa shape index (κ3) is 6.14. The van der Waals surface area contributed by atoms with Crippen LogP contribution in [-0.2, 0) is 10.8 Å². The van der Waals surface area contributed by atoms with Gasteiger partial charge in [-0.05, 0) is 73.7 Å². The number of hydrogen-bond donors (Lipinski definition) is 0. The highest BCUT2D eigenvalue weighted by atomic mass is 16.3. The minimum Gasteiger partial charge on any atom is -0.436 e. The fourth-order valence-electron chi connectivity index (χ4n) is 6.07. The molecule has 0 spiro atoms. The van der Waals surface area contributed by atoms with E-state index in [4.69, 9.17) is 14.4 Å². The molecule has 7 rings (SSSR count). The van der Waals surface area contributed by atoms with Crippen molar-refractivity contribution in [2.75, 3.05) is 0 Å². The van der Waals surface area contributed by atoms with E-state index in [1.807, 2.05) is 30.5 Å². The number of benzene rings is 6. The zero-order valence-corrected chi connectivity index (χ0v) is 28.0. The fraction of sp³-hybridized carbons (Fsp3) is 0.182. The summed E-state index contributed by atoms with van der Waals surface area (Å²) >= 11 is 0. The molecule has 0 aliphatic heterocycles. The van der Waals surface area contributed by atoms with Gasteiger partial charge in [-0.3, -0.25) is 4.99 Å². The summed E-state index contributed by atoms with van der Waals surface area (Å²) in [6, 6.07) is 44.9. The van der Waals surface area contributed by atoms with Gasteiger partial charge in [-0.25, -0.2) is 4.98 Å². The Balaban J connectivity index is 1.28. The van der Waals surface area contributed by atoms with Crippen LogP contribution in [0, 0.1) is 0 Å². The molecule has 7 aromatic rings. The number of para-hydroxylation sites is 1. The van der Waals surface area contributed by atoms with Crippen molar-refractivity contribution in [1.82, 2.24) is 4.98 Å².